The summed E-state index contributed by atoms with van der Waals surface area (Å²) in [5, 5.41) is 3.16. The first-order chi connectivity index (χ1) is 15.0. The molecule has 2 aliphatic rings. The minimum atomic E-state index is -0.00470. The number of hydrogen-bond acceptors (Lipinski definition) is 5. The Morgan fingerprint density at radius 1 is 1.10 bits per heavy atom. The molecule has 1 saturated carbocycles. The fourth-order valence-corrected chi connectivity index (χ4v) is 4.69. The maximum Gasteiger partial charge on any atom is 0.251 e. The molecule has 0 radical (unpaired) electrons. The Morgan fingerprint density at radius 3 is 2.32 bits per heavy atom. The molecule has 1 saturated heterocycles. The largest absolute Gasteiger partial charge is 0.349 e. The van der Waals surface area contributed by atoms with Crippen LogP contribution >= 0.6 is 11.8 Å². The predicted octanol–water partition coefficient (Wildman–Crippen LogP) is 2.94. The van der Waals surface area contributed by atoms with Gasteiger partial charge in [-0.25, -0.2) is 0 Å². The van der Waals surface area contributed by atoms with Crippen LogP contribution in [0.3, 0.4) is 0 Å². The number of carbonyl (C=O) groups is 2. The lowest BCUT2D eigenvalue weighted by atomic mass is 9.92. The summed E-state index contributed by atoms with van der Waals surface area (Å²) in [6.07, 6.45) is 7.74. The SMILES string of the molecule is CCN(CCN(C)C1CCC1)C(=O)CN1CCC(NC(=O)c2ccc(SC)cc2)CC1. The number of nitrogens with zero attached hydrogens (tertiary/aromatic N) is 3. The van der Waals surface area contributed by atoms with Crippen molar-refractivity contribution in [2.45, 2.75) is 56.0 Å². The van der Waals surface area contributed by atoms with Gasteiger partial charge in [-0.05, 0) is 70.2 Å². The van der Waals surface area contributed by atoms with Crippen molar-refractivity contribution < 1.29 is 9.59 Å². The summed E-state index contributed by atoms with van der Waals surface area (Å²) in [5.41, 5.74) is 0.709. The topological polar surface area (TPSA) is 55.9 Å². The van der Waals surface area contributed by atoms with E-state index >= 15 is 0 Å². The smallest absolute Gasteiger partial charge is 0.251 e. The lowest BCUT2D eigenvalue weighted by molar-refractivity contribution is -0.132. The average Bonchev–Trinajstić information content (AvgIpc) is 2.74. The van der Waals surface area contributed by atoms with E-state index in [4.69, 9.17) is 0 Å². The summed E-state index contributed by atoms with van der Waals surface area (Å²) in [6, 6.07) is 8.63. The lowest BCUT2D eigenvalue weighted by Crippen LogP contribution is -2.49. The van der Waals surface area contributed by atoms with E-state index in [2.05, 4.69) is 29.1 Å². The summed E-state index contributed by atoms with van der Waals surface area (Å²) in [6.45, 7) is 6.77. The van der Waals surface area contributed by atoms with Crippen LogP contribution in [-0.4, -0.2) is 91.2 Å². The maximum absolute atomic E-state index is 12.8. The van der Waals surface area contributed by atoms with E-state index < -0.39 is 0 Å². The molecular weight excluding hydrogens is 408 g/mol. The highest BCUT2D eigenvalue weighted by molar-refractivity contribution is 7.98. The average molecular weight is 447 g/mol. The fraction of sp³-hybridized carbons (Fsp3) is 0.667. The van der Waals surface area contributed by atoms with Crippen molar-refractivity contribution in [3.63, 3.8) is 0 Å². The minimum absolute atomic E-state index is 0.00470. The zero-order valence-corrected chi connectivity index (χ0v) is 20.1. The Labute approximate surface area is 191 Å². The first kappa shape index (κ1) is 24.1. The molecule has 0 spiro atoms. The van der Waals surface area contributed by atoms with Gasteiger partial charge >= 0.3 is 0 Å². The van der Waals surface area contributed by atoms with E-state index in [1.165, 1.54) is 19.3 Å². The van der Waals surface area contributed by atoms with E-state index in [1.54, 1.807) is 11.8 Å². The molecule has 172 valence electrons. The number of thioether (sulfide) groups is 1. The molecule has 1 aromatic carbocycles. The number of rotatable bonds is 10. The second-order valence-electron chi connectivity index (χ2n) is 8.79. The summed E-state index contributed by atoms with van der Waals surface area (Å²) < 4.78 is 0. The number of likely N-dealkylation sites (N-methyl/N-ethyl adjacent to an activating group) is 2. The van der Waals surface area contributed by atoms with Gasteiger partial charge in [-0.3, -0.25) is 14.5 Å². The van der Waals surface area contributed by atoms with Gasteiger partial charge < -0.3 is 15.1 Å². The molecule has 2 amide bonds. The first-order valence-electron chi connectivity index (χ1n) is 11.7. The van der Waals surface area contributed by atoms with Gasteiger partial charge in [-0.15, -0.1) is 11.8 Å². The zero-order chi connectivity index (χ0) is 22.2. The van der Waals surface area contributed by atoms with Gasteiger partial charge in [0.15, 0.2) is 0 Å². The summed E-state index contributed by atoms with van der Waals surface area (Å²) in [4.78, 5) is 33.1. The number of benzene rings is 1. The van der Waals surface area contributed by atoms with Crippen molar-refractivity contribution in [2.24, 2.45) is 0 Å². The van der Waals surface area contributed by atoms with Crippen LogP contribution in [0.5, 0.6) is 0 Å². The van der Waals surface area contributed by atoms with E-state index in [0.29, 0.717) is 18.2 Å². The van der Waals surface area contributed by atoms with Crippen molar-refractivity contribution >= 4 is 23.6 Å². The molecule has 1 heterocycles. The molecule has 2 fully saturated rings. The Hall–Kier alpha value is -1.57. The molecule has 3 rings (SSSR count). The molecule has 6 nitrogen and oxygen atoms in total. The Balaban J connectivity index is 1.38. The first-order valence-corrected chi connectivity index (χ1v) is 12.9. The highest BCUT2D eigenvalue weighted by Gasteiger charge is 2.25. The van der Waals surface area contributed by atoms with Gasteiger partial charge in [0.2, 0.25) is 5.91 Å². The van der Waals surface area contributed by atoms with Crippen molar-refractivity contribution in [3.8, 4) is 0 Å². The number of amides is 2. The number of carbonyl (C=O) groups excluding carboxylic acids is 2. The Bertz CT molecular complexity index is 715. The molecule has 31 heavy (non-hydrogen) atoms. The van der Waals surface area contributed by atoms with Gasteiger partial charge in [0.25, 0.3) is 5.91 Å². The molecule has 0 unspecified atom stereocenters. The number of piperidine rings is 1. The predicted molar refractivity (Wildman–Crippen MR) is 128 cm³/mol. The second-order valence-corrected chi connectivity index (χ2v) is 9.67. The molecule has 0 bridgehead atoms. The third-order valence-corrected chi connectivity index (χ3v) is 7.53. The molecule has 1 aliphatic carbocycles. The number of likely N-dealkylation sites (tertiary alicyclic amines) is 1. The van der Waals surface area contributed by atoms with E-state index in [-0.39, 0.29) is 17.9 Å². The third kappa shape index (κ3) is 6.96. The quantitative estimate of drug-likeness (QED) is 0.560. The monoisotopic (exact) mass is 446 g/mol. The Morgan fingerprint density at radius 2 is 1.77 bits per heavy atom. The van der Waals surface area contributed by atoms with Crippen molar-refractivity contribution in [2.75, 3.05) is 52.6 Å². The third-order valence-electron chi connectivity index (χ3n) is 6.79. The van der Waals surface area contributed by atoms with Gasteiger partial charge in [0.05, 0.1) is 6.54 Å². The van der Waals surface area contributed by atoms with Crippen molar-refractivity contribution in [1.82, 2.24) is 20.0 Å². The molecule has 7 heteroatoms. The highest BCUT2D eigenvalue weighted by atomic mass is 32.2. The van der Waals surface area contributed by atoms with Crippen LogP contribution in [0.15, 0.2) is 29.2 Å². The van der Waals surface area contributed by atoms with E-state index in [0.717, 1.165) is 50.5 Å². The van der Waals surface area contributed by atoms with E-state index in [1.807, 2.05) is 35.4 Å². The standard InChI is InChI=1S/C24H38N4O2S/c1-4-28(17-16-26(2)21-6-5-7-21)23(29)18-27-14-12-20(13-15-27)25-24(30)19-8-10-22(31-3)11-9-19/h8-11,20-21H,4-7,12-18H2,1-3H3,(H,25,30). The number of hydrogen-bond donors (Lipinski definition) is 1. The molecule has 1 N–H and O–H groups in total. The van der Waals surface area contributed by atoms with Crippen molar-refractivity contribution in [3.05, 3.63) is 29.8 Å². The van der Waals surface area contributed by atoms with Crippen molar-refractivity contribution in [1.29, 1.82) is 0 Å². The normalized spacial score (nSPS) is 18.1. The van der Waals surface area contributed by atoms with Gasteiger partial charge in [0.1, 0.15) is 0 Å². The second kappa shape index (κ2) is 11.9. The minimum Gasteiger partial charge on any atom is -0.349 e. The molecule has 1 aromatic rings. The van der Waals surface area contributed by atoms with Gasteiger partial charge in [-0.2, -0.15) is 0 Å². The van der Waals surface area contributed by atoms with Gasteiger partial charge in [0, 0.05) is 55.3 Å². The van der Waals surface area contributed by atoms with Crippen LogP contribution in [0, 0.1) is 0 Å². The van der Waals surface area contributed by atoms with Crippen LogP contribution in [0.2, 0.25) is 0 Å². The summed E-state index contributed by atoms with van der Waals surface area (Å²) in [5.74, 6) is 0.218. The van der Waals surface area contributed by atoms with Crippen LogP contribution in [-0.2, 0) is 4.79 Å². The Kier molecular flexibility index (Phi) is 9.23. The zero-order valence-electron chi connectivity index (χ0n) is 19.3. The van der Waals surface area contributed by atoms with Gasteiger partial charge in [-0.1, -0.05) is 6.42 Å². The van der Waals surface area contributed by atoms with Crippen LogP contribution in [0.4, 0.5) is 0 Å². The molecule has 0 atom stereocenters. The highest BCUT2D eigenvalue weighted by Crippen LogP contribution is 2.23. The molecule has 0 aromatic heterocycles. The van der Waals surface area contributed by atoms with Crippen LogP contribution in [0.25, 0.3) is 0 Å². The molecular formula is C24H38N4O2S. The lowest BCUT2D eigenvalue weighted by Gasteiger charge is -2.36. The maximum atomic E-state index is 12.8. The number of nitrogens with one attached hydrogen (secondary N) is 1. The summed E-state index contributed by atoms with van der Waals surface area (Å²) in [7, 11) is 2.18. The van der Waals surface area contributed by atoms with E-state index in [9.17, 15) is 9.59 Å². The fourth-order valence-electron chi connectivity index (χ4n) is 4.29. The molecule has 1 aliphatic heterocycles. The van der Waals surface area contributed by atoms with Crippen LogP contribution in [0.1, 0.15) is 49.4 Å². The summed E-state index contributed by atoms with van der Waals surface area (Å²) >= 11 is 1.67. The van der Waals surface area contributed by atoms with Crippen LogP contribution < -0.4 is 5.32 Å².